The molecule has 0 rings (SSSR count). The highest BCUT2D eigenvalue weighted by molar-refractivity contribution is 5.76. The maximum Gasteiger partial charge on any atom is 0.221 e. The van der Waals surface area contributed by atoms with Gasteiger partial charge in [0, 0.05) is 18.5 Å². The molecule has 2 unspecified atom stereocenters. The lowest BCUT2D eigenvalue weighted by Crippen LogP contribution is -2.37. The van der Waals surface area contributed by atoms with E-state index in [1.165, 1.54) is 0 Å². The van der Waals surface area contributed by atoms with E-state index in [1.54, 1.807) is 0 Å². The standard InChI is InChI=1S/C10H23N3O/c1-8(11)7-10(14)12-9(2)5-6-13(3)4/h8-9H,5-7,11H2,1-4H3,(H,12,14). The summed E-state index contributed by atoms with van der Waals surface area (Å²) in [5.74, 6) is 0.0475. The Hall–Kier alpha value is -0.610. The number of carbonyl (C=O) groups is 1. The molecule has 0 saturated heterocycles. The molecule has 1 amide bonds. The van der Waals surface area contributed by atoms with Gasteiger partial charge in [-0.05, 0) is 40.9 Å². The van der Waals surface area contributed by atoms with Crippen LogP contribution in [0.4, 0.5) is 0 Å². The highest BCUT2D eigenvalue weighted by atomic mass is 16.1. The van der Waals surface area contributed by atoms with Crippen LogP contribution in [0, 0.1) is 0 Å². The van der Waals surface area contributed by atoms with Crippen molar-refractivity contribution in [2.75, 3.05) is 20.6 Å². The zero-order valence-electron chi connectivity index (χ0n) is 9.71. The van der Waals surface area contributed by atoms with Crippen molar-refractivity contribution in [3.8, 4) is 0 Å². The summed E-state index contributed by atoms with van der Waals surface area (Å²) in [5.41, 5.74) is 5.52. The number of hydrogen-bond donors (Lipinski definition) is 2. The van der Waals surface area contributed by atoms with E-state index in [9.17, 15) is 4.79 Å². The quantitative estimate of drug-likeness (QED) is 0.644. The Morgan fingerprint density at radius 1 is 1.43 bits per heavy atom. The second-order valence-corrected chi connectivity index (χ2v) is 4.24. The van der Waals surface area contributed by atoms with Crippen molar-refractivity contribution in [3.63, 3.8) is 0 Å². The van der Waals surface area contributed by atoms with Gasteiger partial charge in [0.25, 0.3) is 0 Å². The fourth-order valence-corrected chi connectivity index (χ4v) is 1.15. The minimum atomic E-state index is -0.0592. The maximum absolute atomic E-state index is 11.3. The van der Waals surface area contributed by atoms with Gasteiger partial charge in [-0.3, -0.25) is 4.79 Å². The molecule has 0 spiro atoms. The molecule has 84 valence electrons. The van der Waals surface area contributed by atoms with Crippen molar-refractivity contribution < 1.29 is 4.79 Å². The zero-order chi connectivity index (χ0) is 11.1. The Bertz CT molecular complexity index is 169. The summed E-state index contributed by atoms with van der Waals surface area (Å²) in [6.45, 7) is 4.84. The SMILES string of the molecule is CC(N)CC(=O)NC(C)CCN(C)C. The topological polar surface area (TPSA) is 58.4 Å². The van der Waals surface area contributed by atoms with Crippen LogP contribution in [0.1, 0.15) is 26.7 Å². The summed E-state index contributed by atoms with van der Waals surface area (Å²) in [6.07, 6.45) is 1.38. The average Bonchev–Trinajstić information content (AvgIpc) is 1.98. The van der Waals surface area contributed by atoms with Crippen LogP contribution >= 0.6 is 0 Å². The Balaban J connectivity index is 3.60. The molecule has 0 fully saturated rings. The molecule has 14 heavy (non-hydrogen) atoms. The Labute approximate surface area is 86.8 Å². The monoisotopic (exact) mass is 201 g/mol. The van der Waals surface area contributed by atoms with Crippen molar-refractivity contribution >= 4 is 5.91 Å². The molecule has 3 N–H and O–H groups in total. The molecule has 4 nitrogen and oxygen atoms in total. The third-order valence-electron chi connectivity index (χ3n) is 1.92. The van der Waals surface area contributed by atoms with Crippen LogP contribution in [0.2, 0.25) is 0 Å². The lowest BCUT2D eigenvalue weighted by Gasteiger charge is -2.17. The second-order valence-electron chi connectivity index (χ2n) is 4.24. The minimum Gasteiger partial charge on any atom is -0.354 e. The summed E-state index contributed by atoms with van der Waals surface area (Å²) < 4.78 is 0. The van der Waals surface area contributed by atoms with E-state index in [2.05, 4.69) is 10.2 Å². The van der Waals surface area contributed by atoms with E-state index in [0.717, 1.165) is 13.0 Å². The Morgan fingerprint density at radius 3 is 2.43 bits per heavy atom. The van der Waals surface area contributed by atoms with Gasteiger partial charge in [0.15, 0.2) is 0 Å². The lowest BCUT2D eigenvalue weighted by atomic mass is 10.2. The molecular formula is C10H23N3O. The largest absolute Gasteiger partial charge is 0.354 e. The Kier molecular flexibility index (Phi) is 6.49. The maximum atomic E-state index is 11.3. The van der Waals surface area contributed by atoms with Gasteiger partial charge in [-0.1, -0.05) is 0 Å². The zero-order valence-corrected chi connectivity index (χ0v) is 9.71. The number of nitrogens with zero attached hydrogens (tertiary/aromatic N) is 1. The fraction of sp³-hybridized carbons (Fsp3) is 0.900. The van der Waals surface area contributed by atoms with E-state index >= 15 is 0 Å². The molecule has 0 aliphatic rings. The third-order valence-corrected chi connectivity index (χ3v) is 1.92. The molecule has 0 radical (unpaired) electrons. The summed E-state index contributed by atoms with van der Waals surface area (Å²) in [7, 11) is 4.05. The predicted molar refractivity (Wildman–Crippen MR) is 59.0 cm³/mol. The van der Waals surface area contributed by atoms with E-state index in [0.29, 0.717) is 6.42 Å². The molecular weight excluding hydrogens is 178 g/mol. The van der Waals surface area contributed by atoms with Crippen LogP contribution in [0.3, 0.4) is 0 Å². The second kappa shape index (κ2) is 6.79. The van der Waals surface area contributed by atoms with Gasteiger partial charge < -0.3 is 16.0 Å². The average molecular weight is 201 g/mol. The normalized spacial score (nSPS) is 15.3. The predicted octanol–water partition coefficient (Wildman–Crippen LogP) is 0.180. The van der Waals surface area contributed by atoms with E-state index in [-0.39, 0.29) is 18.0 Å². The molecule has 0 saturated carbocycles. The number of rotatable bonds is 6. The van der Waals surface area contributed by atoms with Crippen LogP contribution in [0.15, 0.2) is 0 Å². The summed E-state index contributed by atoms with van der Waals surface area (Å²) in [6, 6.07) is 0.166. The molecule has 4 heteroatoms. The van der Waals surface area contributed by atoms with Crippen molar-refractivity contribution in [2.45, 2.75) is 38.8 Å². The molecule has 0 bridgehead atoms. The summed E-state index contributed by atoms with van der Waals surface area (Å²) in [5, 5.41) is 2.92. The number of hydrogen-bond acceptors (Lipinski definition) is 3. The molecule has 2 atom stereocenters. The van der Waals surface area contributed by atoms with Gasteiger partial charge >= 0.3 is 0 Å². The van der Waals surface area contributed by atoms with Gasteiger partial charge in [0.05, 0.1) is 0 Å². The van der Waals surface area contributed by atoms with E-state index in [4.69, 9.17) is 5.73 Å². The molecule has 0 aliphatic carbocycles. The minimum absolute atomic E-state index is 0.0475. The summed E-state index contributed by atoms with van der Waals surface area (Å²) in [4.78, 5) is 13.4. The van der Waals surface area contributed by atoms with Crippen LogP contribution in [-0.2, 0) is 4.79 Å². The first kappa shape index (κ1) is 13.4. The van der Waals surface area contributed by atoms with Crippen molar-refractivity contribution in [2.24, 2.45) is 5.73 Å². The number of nitrogens with one attached hydrogen (secondary N) is 1. The van der Waals surface area contributed by atoms with E-state index in [1.807, 2.05) is 27.9 Å². The van der Waals surface area contributed by atoms with Crippen LogP contribution < -0.4 is 11.1 Å². The number of carbonyl (C=O) groups excluding carboxylic acids is 1. The third kappa shape index (κ3) is 8.01. The first-order valence-corrected chi connectivity index (χ1v) is 5.11. The van der Waals surface area contributed by atoms with Gasteiger partial charge in [-0.25, -0.2) is 0 Å². The first-order chi connectivity index (χ1) is 6.41. The molecule has 0 aromatic carbocycles. The highest BCUT2D eigenvalue weighted by Crippen LogP contribution is 1.94. The van der Waals surface area contributed by atoms with Crippen LogP contribution in [-0.4, -0.2) is 43.5 Å². The smallest absolute Gasteiger partial charge is 0.221 e. The first-order valence-electron chi connectivity index (χ1n) is 5.11. The fourth-order valence-electron chi connectivity index (χ4n) is 1.15. The number of amides is 1. The highest BCUT2D eigenvalue weighted by Gasteiger charge is 2.08. The molecule has 0 aromatic rings. The van der Waals surface area contributed by atoms with E-state index < -0.39 is 0 Å². The van der Waals surface area contributed by atoms with Gasteiger partial charge in [0.2, 0.25) is 5.91 Å². The molecule has 0 aliphatic heterocycles. The van der Waals surface area contributed by atoms with Gasteiger partial charge in [0.1, 0.15) is 0 Å². The summed E-state index contributed by atoms with van der Waals surface area (Å²) >= 11 is 0. The van der Waals surface area contributed by atoms with Crippen molar-refractivity contribution in [1.29, 1.82) is 0 Å². The van der Waals surface area contributed by atoms with Gasteiger partial charge in [-0.2, -0.15) is 0 Å². The van der Waals surface area contributed by atoms with Crippen molar-refractivity contribution in [3.05, 3.63) is 0 Å². The molecule has 0 aromatic heterocycles. The number of nitrogens with two attached hydrogens (primary N) is 1. The molecule has 0 heterocycles. The Morgan fingerprint density at radius 2 is 2.00 bits per heavy atom. The van der Waals surface area contributed by atoms with Crippen molar-refractivity contribution in [1.82, 2.24) is 10.2 Å². The van der Waals surface area contributed by atoms with Crippen LogP contribution in [0.25, 0.3) is 0 Å². The van der Waals surface area contributed by atoms with Crippen LogP contribution in [0.5, 0.6) is 0 Å². The van der Waals surface area contributed by atoms with Gasteiger partial charge in [-0.15, -0.1) is 0 Å². The lowest BCUT2D eigenvalue weighted by molar-refractivity contribution is -0.122.